The highest BCUT2D eigenvalue weighted by Gasteiger charge is 2.16. The molecule has 1 heterocycles. The van der Waals surface area contributed by atoms with Crippen LogP contribution in [0.4, 0.5) is 0 Å². The number of carbonyl (C=O) groups is 1. The average Bonchev–Trinajstić information content (AvgIpc) is 2.66. The molecule has 1 amide bonds. The molecule has 1 N–H and O–H groups in total. The molecular weight excluding hydrogens is 316 g/mol. The van der Waals surface area contributed by atoms with Gasteiger partial charge in [0.25, 0.3) is 5.91 Å². The second-order valence-corrected chi connectivity index (χ2v) is 6.34. The molecule has 0 unspecified atom stereocenters. The molecule has 3 rings (SSSR count). The van der Waals surface area contributed by atoms with Crippen LogP contribution in [-0.2, 0) is 9.53 Å². The SMILES string of the molecule is C[C@@H](Oc1cccc2ccccc12)C(=O)NCCCN1CCOCC1. The molecule has 0 bridgehead atoms. The van der Waals surface area contributed by atoms with Crippen LogP contribution < -0.4 is 10.1 Å². The topological polar surface area (TPSA) is 50.8 Å². The maximum absolute atomic E-state index is 12.3. The number of morpholine rings is 1. The molecule has 2 aromatic carbocycles. The van der Waals surface area contributed by atoms with Gasteiger partial charge in [0.2, 0.25) is 0 Å². The first-order chi connectivity index (χ1) is 12.2. The average molecular weight is 342 g/mol. The number of amides is 1. The Labute approximate surface area is 148 Å². The molecule has 1 saturated heterocycles. The van der Waals surface area contributed by atoms with Crippen LogP contribution in [0.3, 0.4) is 0 Å². The van der Waals surface area contributed by atoms with Gasteiger partial charge < -0.3 is 14.8 Å². The Balaban J connectivity index is 1.45. The lowest BCUT2D eigenvalue weighted by atomic mass is 10.1. The summed E-state index contributed by atoms with van der Waals surface area (Å²) in [5.74, 6) is 0.670. The van der Waals surface area contributed by atoms with Crippen LogP contribution in [0, 0.1) is 0 Å². The number of nitrogens with one attached hydrogen (secondary N) is 1. The zero-order valence-corrected chi connectivity index (χ0v) is 14.7. The number of carbonyl (C=O) groups excluding carboxylic acids is 1. The van der Waals surface area contributed by atoms with Crippen molar-refractivity contribution in [2.24, 2.45) is 0 Å². The molecule has 25 heavy (non-hydrogen) atoms. The van der Waals surface area contributed by atoms with E-state index >= 15 is 0 Å². The third kappa shape index (κ3) is 4.94. The number of hydrogen-bond acceptors (Lipinski definition) is 4. The molecule has 5 heteroatoms. The Bertz CT molecular complexity index is 693. The lowest BCUT2D eigenvalue weighted by molar-refractivity contribution is -0.127. The minimum atomic E-state index is -0.519. The molecule has 2 aromatic rings. The van der Waals surface area contributed by atoms with Gasteiger partial charge in [0.1, 0.15) is 5.75 Å². The van der Waals surface area contributed by atoms with Crippen molar-refractivity contribution in [3.63, 3.8) is 0 Å². The predicted octanol–water partition coefficient (Wildman–Crippen LogP) is 2.45. The molecule has 0 spiro atoms. The Morgan fingerprint density at radius 2 is 1.96 bits per heavy atom. The van der Waals surface area contributed by atoms with Gasteiger partial charge >= 0.3 is 0 Å². The number of rotatable bonds is 7. The first-order valence-corrected chi connectivity index (χ1v) is 8.96. The van der Waals surface area contributed by atoms with Gasteiger partial charge in [-0.2, -0.15) is 0 Å². The largest absolute Gasteiger partial charge is 0.480 e. The third-order valence-corrected chi connectivity index (χ3v) is 4.48. The zero-order chi connectivity index (χ0) is 17.5. The Morgan fingerprint density at radius 3 is 2.80 bits per heavy atom. The molecular formula is C20H26N2O3. The van der Waals surface area contributed by atoms with Gasteiger partial charge in [-0.25, -0.2) is 0 Å². The lowest BCUT2D eigenvalue weighted by Gasteiger charge is -2.26. The summed E-state index contributed by atoms with van der Waals surface area (Å²) in [5.41, 5.74) is 0. The van der Waals surface area contributed by atoms with E-state index in [4.69, 9.17) is 9.47 Å². The number of fused-ring (bicyclic) bond motifs is 1. The highest BCUT2D eigenvalue weighted by molar-refractivity contribution is 5.89. The lowest BCUT2D eigenvalue weighted by Crippen LogP contribution is -2.40. The van der Waals surface area contributed by atoms with E-state index in [0.717, 1.165) is 55.8 Å². The summed E-state index contributed by atoms with van der Waals surface area (Å²) < 4.78 is 11.2. The Hall–Kier alpha value is -2.11. The number of nitrogens with zero attached hydrogens (tertiary/aromatic N) is 1. The summed E-state index contributed by atoms with van der Waals surface area (Å²) in [7, 11) is 0. The van der Waals surface area contributed by atoms with E-state index in [0.29, 0.717) is 6.54 Å². The van der Waals surface area contributed by atoms with Crippen molar-refractivity contribution in [2.45, 2.75) is 19.4 Å². The molecule has 0 aliphatic carbocycles. The summed E-state index contributed by atoms with van der Waals surface area (Å²) in [6.45, 7) is 7.02. The summed E-state index contributed by atoms with van der Waals surface area (Å²) in [5, 5.41) is 5.10. The standard InChI is InChI=1S/C20H26N2O3/c1-16(20(23)21-10-5-11-22-12-14-24-15-13-22)25-19-9-4-7-17-6-2-3-8-18(17)19/h2-4,6-9,16H,5,10-15H2,1H3,(H,21,23)/t16-/m1/s1. The van der Waals surface area contributed by atoms with Crippen LogP contribution in [0.25, 0.3) is 10.8 Å². The summed E-state index contributed by atoms with van der Waals surface area (Å²) in [6.07, 6.45) is 0.418. The normalized spacial score (nSPS) is 16.5. The van der Waals surface area contributed by atoms with Crippen molar-refractivity contribution >= 4 is 16.7 Å². The highest BCUT2D eigenvalue weighted by atomic mass is 16.5. The molecule has 1 atom stereocenters. The van der Waals surface area contributed by atoms with Crippen molar-refractivity contribution in [1.29, 1.82) is 0 Å². The zero-order valence-electron chi connectivity index (χ0n) is 14.7. The van der Waals surface area contributed by atoms with Crippen LogP contribution in [0.5, 0.6) is 5.75 Å². The van der Waals surface area contributed by atoms with Crippen LogP contribution in [0.15, 0.2) is 42.5 Å². The first-order valence-electron chi connectivity index (χ1n) is 8.96. The quantitative estimate of drug-likeness (QED) is 0.785. The Morgan fingerprint density at radius 1 is 1.20 bits per heavy atom. The maximum atomic E-state index is 12.3. The van der Waals surface area contributed by atoms with E-state index in [2.05, 4.69) is 10.2 Å². The van der Waals surface area contributed by atoms with E-state index in [1.807, 2.05) is 42.5 Å². The van der Waals surface area contributed by atoms with Crippen molar-refractivity contribution < 1.29 is 14.3 Å². The van der Waals surface area contributed by atoms with Gasteiger partial charge in [-0.15, -0.1) is 0 Å². The second kappa shape index (κ2) is 8.83. The van der Waals surface area contributed by atoms with Crippen LogP contribution >= 0.6 is 0 Å². The van der Waals surface area contributed by atoms with Crippen LogP contribution in [-0.4, -0.2) is 56.3 Å². The van der Waals surface area contributed by atoms with E-state index < -0.39 is 6.10 Å². The summed E-state index contributed by atoms with van der Waals surface area (Å²) >= 11 is 0. The van der Waals surface area contributed by atoms with Crippen molar-refractivity contribution in [3.8, 4) is 5.75 Å². The van der Waals surface area contributed by atoms with Crippen molar-refractivity contribution in [3.05, 3.63) is 42.5 Å². The number of benzene rings is 2. The number of hydrogen-bond donors (Lipinski definition) is 1. The summed E-state index contributed by atoms with van der Waals surface area (Å²) in [6, 6.07) is 13.9. The van der Waals surface area contributed by atoms with Crippen LogP contribution in [0.2, 0.25) is 0 Å². The van der Waals surface area contributed by atoms with E-state index in [1.165, 1.54) is 0 Å². The second-order valence-electron chi connectivity index (χ2n) is 6.34. The molecule has 1 aliphatic rings. The molecule has 134 valence electrons. The van der Waals surface area contributed by atoms with E-state index in [-0.39, 0.29) is 5.91 Å². The first kappa shape index (κ1) is 17.7. The van der Waals surface area contributed by atoms with E-state index in [9.17, 15) is 4.79 Å². The third-order valence-electron chi connectivity index (χ3n) is 4.48. The fraction of sp³-hybridized carbons (Fsp3) is 0.450. The van der Waals surface area contributed by atoms with Crippen LogP contribution in [0.1, 0.15) is 13.3 Å². The summed E-state index contributed by atoms with van der Waals surface area (Å²) in [4.78, 5) is 14.6. The van der Waals surface area contributed by atoms with Gasteiger partial charge in [-0.1, -0.05) is 36.4 Å². The number of ether oxygens (including phenoxy) is 2. The molecule has 0 aromatic heterocycles. The Kier molecular flexibility index (Phi) is 6.25. The molecule has 5 nitrogen and oxygen atoms in total. The minimum absolute atomic E-state index is 0.0742. The molecule has 1 fully saturated rings. The van der Waals surface area contributed by atoms with Gasteiger partial charge in [0.05, 0.1) is 13.2 Å². The monoisotopic (exact) mass is 342 g/mol. The minimum Gasteiger partial charge on any atom is -0.480 e. The van der Waals surface area contributed by atoms with Crippen molar-refractivity contribution in [1.82, 2.24) is 10.2 Å². The molecule has 0 saturated carbocycles. The predicted molar refractivity (Wildman–Crippen MR) is 98.9 cm³/mol. The van der Waals surface area contributed by atoms with Gasteiger partial charge in [0.15, 0.2) is 6.10 Å². The van der Waals surface area contributed by atoms with Crippen molar-refractivity contribution in [2.75, 3.05) is 39.4 Å². The fourth-order valence-corrected chi connectivity index (χ4v) is 3.03. The molecule has 1 aliphatic heterocycles. The fourth-order valence-electron chi connectivity index (χ4n) is 3.03. The molecule has 0 radical (unpaired) electrons. The van der Waals surface area contributed by atoms with Gasteiger partial charge in [-0.3, -0.25) is 9.69 Å². The van der Waals surface area contributed by atoms with E-state index in [1.54, 1.807) is 6.92 Å². The highest BCUT2D eigenvalue weighted by Crippen LogP contribution is 2.25. The smallest absolute Gasteiger partial charge is 0.260 e. The van der Waals surface area contributed by atoms with Gasteiger partial charge in [0, 0.05) is 25.0 Å². The van der Waals surface area contributed by atoms with Gasteiger partial charge in [-0.05, 0) is 31.3 Å². The maximum Gasteiger partial charge on any atom is 0.260 e.